The Balaban J connectivity index is 1.67. The quantitative estimate of drug-likeness (QED) is 0.305. The van der Waals surface area contributed by atoms with E-state index in [1.807, 2.05) is 24.3 Å². The zero-order valence-electron chi connectivity index (χ0n) is 21.1. The second-order valence-corrected chi connectivity index (χ2v) is 9.50. The fourth-order valence-corrected chi connectivity index (χ4v) is 3.68. The van der Waals surface area contributed by atoms with E-state index in [-0.39, 0.29) is 13.0 Å². The van der Waals surface area contributed by atoms with Crippen LogP contribution in [0.5, 0.6) is 5.75 Å². The minimum atomic E-state index is -4.38. The second kappa shape index (κ2) is 11.5. The highest BCUT2D eigenvalue weighted by Crippen LogP contribution is 2.31. The van der Waals surface area contributed by atoms with Crippen molar-refractivity contribution in [2.75, 3.05) is 7.11 Å². The summed E-state index contributed by atoms with van der Waals surface area (Å²) in [4.78, 5) is 24.6. The first-order valence-electron chi connectivity index (χ1n) is 11.6. The second-order valence-electron chi connectivity index (χ2n) is 9.50. The Labute approximate surface area is 214 Å². The van der Waals surface area contributed by atoms with Crippen LogP contribution < -0.4 is 4.74 Å². The molecule has 0 aliphatic rings. The average molecular weight is 515 g/mol. The summed E-state index contributed by atoms with van der Waals surface area (Å²) in [5.74, 6) is -1.31. The van der Waals surface area contributed by atoms with E-state index < -0.39 is 35.2 Å². The Kier molecular flexibility index (Phi) is 8.63. The molecule has 0 saturated heterocycles. The molecule has 1 atom stereocenters. The summed E-state index contributed by atoms with van der Waals surface area (Å²) in [5.41, 5.74) is 1.50. The van der Waals surface area contributed by atoms with E-state index in [1.165, 1.54) is 19.2 Å². The summed E-state index contributed by atoms with van der Waals surface area (Å²) in [6.07, 6.45) is -4.53. The van der Waals surface area contributed by atoms with Crippen molar-refractivity contribution < 1.29 is 37.0 Å². The molecule has 0 aliphatic carbocycles. The van der Waals surface area contributed by atoms with Gasteiger partial charge in [0, 0.05) is 0 Å². The largest absolute Gasteiger partial charge is 0.489 e. The van der Waals surface area contributed by atoms with Crippen LogP contribution in [-0.4, -0.2) is 24.6 Å². The molecule has 0 bridgehead atoms. The summed E-state index contributed by atoms with van der Waals surface area (Å²) in [6, 6.07) is 19.1. The summed E-state index contributed by atoms with van der Waals surface area (Å²) in [6.45, 7) is 5.49. The molecule has 8 heteroatoms. The lowest BCUT2D eigenvalue weighted by atomic mass is 9.95. The number of alkyl halides is 3. The molecule has 0 amide bonds. The fraction of sp³-hybridized carbons (Fsp3) is 0.310. The van der Waals surface area contributed by atoms with Crippen molar-refractivity contribution in [2.45, 2.75) is 51.5 Å². The third-order valence-corrected chi connectivity index (χ3v) is 5.44. The summed E-state index contributed by atoms with van der Waals surface area (Å²) >= 11 is 0. The van der Waals surface area contributed by atoms with Crippen molar-refractivity contribution in [1.29, 1.82) is 0 Å². The zero-order chi connectivity index (χ0) is 27.2. The monoisotopic (exact) mass is 514 g/mol. The van der Waals surface area contributed by atoms with Gasteiger partial charge < -0.3 is 14.2 Å². The Morgan fingerprint density at radius 3 is 2.08 bits per heavy atom. The van der Waals surface area contributed by atoms with Crippen LogP contribution in [0.3, 0.4) is 0 Å². The Morgan fingerprint density at radius 2 is 1.51 bits per heavy atom. The Bertz CT molecular complexity index is 1210. The van der Waals surface area contributed by atoms with Gasteiger partial charge in [0.05, 0.1) is 25.0 Å². The molecule has 37 heavy (non-hydrogen) atoms. The molecule has 196 valence electrons. The molecule has 1 unspecified atom stereocenters. The third kappa shape index (κ3) is 8.10. The molecule has 3 aromatic carbocycles. The number of methoxy groups -OCH3 is 1. The maximum Gasteiger partial charge on any atom is 0.416 e. The normalized spacial score (nSPS) is 12.5. The number of hydrogen-bond acceptors (Lipinski definition) is 5. The van der Waals surface area contributed by atoms with E-state index >= 15 is 0 Å². The number of halogens is 3. The van der Waals surface area contributed by atoms with Gasteiger partial charge in [-0.05, 0) is 73.4 Å². The van der Waals surface area contributed by atoms with Gasteiger partial charge in [-0.1, -0.05) is 42.5 Å². The van der Waals surface area contributed by atoms with Crippen LogP contribution in [0.2, 0.25) is 0 Å². The van der Waals surface area contributed by atoms with Crippen LogP contribution >= 0.6 is 0 Å². The SMILES string of the molecule is COC(=O)C(CC(=O)OC(C)(C)C)c1ccc(OCc2cccc(-c3ccc(C(F)(F)F)cc3)c2)cc1. The highest BCUT2D eigenvalue weighted by molar-refractivity contribution is 5.84. The van der Waals surface area contributed by atoms with Crippen molar-refractivity contribution in [3.8, 4) is 16.9 Å². The lowest BCUT2D eigenvalue weighted by Gasteiger charge is -2.21. The van der Waals surface area contributed by atoms with Gasteiger partial charge in [0.25, 0.3) is 0 Å². The van der Waals surface area contributed by atoms with E-state index in [1.54, 1.807) is 45.0 Å². The van der Waals surface area contributed by atoms with Gasteiger partial charge in [-0.2, -0.15) is 13.2 Å². The van der Waals surface area contributed by atoms with Crippen LogP contribution in [0.4, 0.5) is 13.2 Å². The summed E-state index contributed by atoms with van der Waals surface area (Å²) < 4.78 is 54.6. The van der Waals surface area contributed by atoms with Gasteiger partial charge >= 0.3 is 18.1 Å². The number of carbonyl (C=O) groups excluding carboxylic acids is 2. The van der Waals surface area contributed by atoms with Gasteiger partial charge in [0.1, 0.15) is 18.0 Å². The lowest BCUT2D eigenvalue weighted by Crippen LogP contribution is -2.27. The standard InChI is InChI=1S/C29H29F3O5/c1-28(2,3)37-26(33)17-25(27(34)35-4)21-10-14-24(15-11-21)36-18-19-6-5-7-22(16-19)20-8-12-23(13-9-20)29(30,31)32/h5-16,25H,17-18H2,1-4H3. The van der Waals surface area contributed by atoms with Crippen LogP contribution in [0.1, 0.15) is 49.8 Å². The third-order valence-electron chi connectivity index (χ3n) is 5.44. The molecule has 0 fully saturated rings. The minimum absolute atomic E-state index is 0.152. The Morgan fingerprint density at radius 1 is 0.865 bits per heavy atom. The van der Waals surface area contributed by atoms with Gasteiger partial charge in [-0.3, -0.25) is 9.59 Å². The number of benzene rings is 3. The van der Waals surface area contributed by atoms with Crippen LogP contribution in [0.25, 0.3) is 11.1 Å². The lowest BCUT2D eigenvalue weighted by molar-refractivity contribution is -0.158. The van der Waals surface area contributed by atoms with E-state index in [2.05, 4.69) is 0 Å². The number of carbonyl (C=O) groups is 2. The van der Waals surface area contributed by atoms with E-state index in [0.29, 0.717) is 16.9 Å². The molecule has 5 nitrogen and oxygen atoms in total. The molecule has 3 aromatic rings. The van der Waals surface area contributed by atoms with Crippen molar-refractivity contribution in [1.82, 2.24) is 0 Å². The highest BCUT2D eigenvalue weighted by atomic mass is 19.4. The van der Waals surface area contributed by atoms with Gasteiger partial charge in [0.2, 0.25) is 0 Å². The molecular weight excluding hydrogens is 485 g/mol. The van der Waals surface area contributed by atoms with Crippen molar-refractivity contribution in [3.05, 3.63) is 89.5 Å². The fourth-order valence-electron chi connectivity index (χ4n) is 3.68. The average Bonchev–Trinajstić information content (AvgIpc) is 2.84. The number of esters is 2. The van der Waals surface area contributed by atoms with Crippen LogP contribution in [-0.2, 0) is 31.8 Å². The van der Waals surface area contributed by atoms with Gasteiger partial charge in [0.15, 0.2) is 0 Å². The molecule has 0 aliphatic heterocycles. The molecule has 0 radical (unpaired) electrons. The molecule has 0 aromatic heterocycles. The molecule has 0 saturated carbocycles. The topological polar surface area (TPSA) is 61.8 Å². The van der Waals surface area contributed by atoms with Crippen molar-refractivity contribution in [3.63, 3.8) is 0 Å². The van der Waals surface area contributed by atoms with Gasteiger partial charge in [-0.25, -0.2) is 0 Å². The first kappa shape index (κ1) is 27.8. The molecule has 0 spiro atoms. The van der Waals surface area contributed by atoms with Crippen LogP contribution in [0.15, 0.2) is 72.8 Å². The van der Waals surface area contributed by atoms with E-state index in [9.17, 15) is 22.8 Å². The van der Waals surface area contributed by atoms with E-state index in [0.717, 1.165) is 23.3 Å². The maximum absolute atomic E-state index is 12.8. The summed E-state index contributed by atoms with van der Waals surface area (Å²) in [7, 11) is 1.26. The smallest absolute Gasteiger partial charge is 0.416 e. The Hall–Kier alpha value is -3.81. The van der Waals surface area contributed by atoms with Crippen LogP contribution in [0, 0.1) is 0 Å². The number of rotatable bonds is 8. The summed E-state index contributed by atoms with van der Waals surface area (Å²) in [5, 5.41) is 0. The maximum atomic E-state index is 12.8. The van der Waals surface area contributed by atoms with E-state index in [4.69, 9.17) is 14.2 Å². The highest BCUT2D eigenvalue weighted by Gasteiger charge is 2.30. The molecule has 0 heterocycles. The number of ether oxygens (including phenoxy) is 3. The molecule has 3 rings (SSSR count). The van der Waals surface area contributed by atoms with Gasteiger partial charge in [-0.15, -0.1) is 0 Å². The first-order chi connectivity index (χ1) is 17.4. The zero-order valence-corrected chi connectivity index (χ0v) is 21.1. The molecular formula is C29H29F3O5. The van der Waals surface area contributed by atoms with Crippen molar-refractivity contribution >= 4 is 11.9 Å². The number of hydrogen-bond donors (Lipinski definition) is 0. The predicted octanol–water partition coefficient (Wildman–Crippen LogP) is 6.94. The minimum Gasteiger partial charge on any atom is -0.489 e. The molecule has 0 N–H and O–H groups in total. The predicted molar refractivity (Wildman–Crippen MR) is 133 cm³/mol. The van der Waals surface area contributed by atoms with Crippen molar-refractivity contribution in [2.24, 2.45) is 0 Å². The first-order valence-corrected chi connectivity index (χ1v) is 11.6.